The predicted molar refractivity (Wildman–Crippen MR) is 127 cm³/mol. The smallest absolute Gasteiger partial charge is 0.256 e. The van der Waals surface area contributed by atoms with Crippen molar-refractivity contribution >= 4 is 22.8 Å². The van der Waals surface area contributed by atoms with Gasteiger partial charge in [-0.05, 0) is 37.6 Å². The number of thiazole rings is 1. The van der Waals surface area contributed by atoms with Crippen molar-refractivity contribution in [1.29, 1.82) is 0 Å². The fraction of sp³-hybridized carbons (Fsp3) is 0.160. The van der Waals surface area contributed by atoms with Crippen molar-refractivity contribution in [3.8, 4) is 16.5 Å². The molecule has 0 spiro atoms. The molecule has 6 nitrogen and oxygen atoms in total. The van der Waals surface area contributed by atoms with Gasteiger partial charge >= 0.3 is 0 Å². The summed E-state index contributed by atoms with van der Waals surface area (Å²) in [6.45, 7) is 5.18. The SMILES string of the molecule is CCN(Cc1ccccc1)C(=O)c1cc(-c2cn(-c3nccs3)c(C)n2)n2ccccc12. The minimum absolute atomic E-state index is 0.0161. The van der Waals surface area contributed by atoms with E-state index in [0.29, 0.717) is 18.7 Å². The van der Waals surface area contributed by atoms with Crippen LogP contribution >= 0.6 is 11.3 Å². The molecule has 0 atom stereocenters. The highest BCUT2D eigenvalue weighted by Gasteiger charge is 2.22. The fourth-order valence-electron chi connectivity index (χ4n) is 3.95. The molecule has 0 saturated heterocycles. The second kappa shape index (κ2) is 8.43. The van der Waals surface area contributed by atoms with Crippen LogP contribution in [0.15, 0.2) is 78.6 Å². The maximum Gasteiger partial charge on any atom is 0.256 e. The van der Waals surface area contributed by atoms with E-state index in [0.717, 1.165) is 33.4 Å². The minimum atomic E-state index is 0.0161. The number of nitrogens with zero attached hydrogens (tertiary/aromatic N) is 5. The maximum atomic E-state index is 13.6. The fourth-order valence-corrected chi connectivity index (χ4v) is 4.61. The van der Waals surface area contributed by atoms with Gasteiger partial charge in [-0.25, -0.2) is 9.97 Å². The van der Waals surface area contributed by atoms with Crippen LogP contribution in [0.3, 0.4) is 0 Å². The van der Waals surface area contributed by atoms with Crippen molar-refractivity contribution in [2.45, 2.75) is 20.4 Å². The molecule has 32 heavy (non-hydrogen) atoms. The van der Waals surface area contributed by atoms with Crippen molar-refractivity contribution in [3.63, 3.8) is 0 Å². The third-order valence-electron chi connectivity index (χ3n) is 5.56. The van der Waals surface area contributed by atoms with Crippen LogP contribution in [0.25, 0.3) is 22.0 Å². The largest absolute Gasteiger partial charge is 0.335 e. The molecule has 1 aromatic carbocycles. The third kappa shape index (κ3) is 3.61. The molecule has 0 aliphatic heterocycles. The first-order chi connectivity index (χ1) is 15.7. The summed E-state index contributed by atoms with van der Waals surface area (Å²) < 4.78 is 4.02. The van der Waals surface area contributed by atoms with Crippen LogP contribution in [0, 0.1) is 6.92 Å². The Balaban J connectivity index is 1.56. The number of benzene rings is 1. The van der Waals surface area contributed by atoms with E-state index >= 15 is 0 Å². The molecule has 5 aromatic rings. The summed E-state index contributed by atoms with van der Waals surface area (Å²) in [7, 11) is 0. The average molecular weight is 442 g/mol. The van der Waals surface area contributed by atoms with Crippen molar-refractivity contribution in [2.24, 2.45) is 0 Å². The number of pyridine rings is 1. The number of aryl methyl sites for hydroxylation is 1. The van der Waals surface area contributed by atoms with Gasteiger partial charge < -0.3 is 9.30 Å². The summed E-state index contributed by atoms with van der Waals surface area (Å²) in [5.74, 6) is 0.871. The summed E-state index contributed by atoms with van der Waals surface area (Å²) in [5, 5.41) is 2.82. The molecule has 0 aliphatic rings. The van der Waals surface area contributed by atoms with Crippen LogP contribution in [0.4, 0.5) is 0 Å². The highest BCUT2D eigenvalue weighted by atomic mass is 32.1. The average Bonchev–Trinajstić information content (AvgIpc) is 3.56. The number of carbonyl (C=O) groups excluding carboxylic acids is 1. The molecule has 0 bridgehead atoms. The molecule has 0 fully saturated rings. The topological polar surface area (TPSA) is 55.4 Å². The van der Waals surface area contributed by atoms with Crippen LogP contribution in [0.2, 0.25) is 0 Å². The van der Waals surface area contributed by atoms with E-state index in [1.165, 1.54) is 0 Å². The molecule has 5 rings (SSSR count). The van der Waals surface area contributed by atoms with Crippen molar-refractivity contribution in [2.75, 3.05) is 6.54 Å². The summed E-state index contributed by atoms with van der Waals surface area (Å²) >= 11 is 1.56. The number of amides is 1. The minimum Gasteiger partial charge on any atom is -0.335 e. The Labute approximate surface area is 190 Å². The molecular formula is C25H23N5OS. The van der Waals surface area contributed by atoms with E-state index in [1.54, 1.807) is 17.5 Å². The van der Waals surface area contributed by atoms with Gasteiger partial charge in [0, 0.05) is 37.1 Å². The summed E-state index contributed by atoms with van der Waals surface area (Å²) in [6, 6.07) is 18.0. The zero-order valence-corrected chi connectivity index (χ0v) is 18.8. The molecule has 0 saturated carbocycles. The molecule has 4 heterocycles. The normalized spacial score (nSPS) is 11.2. The first kappa shape index (κ1) is 20.2. The monoisotopic (exact) mass is 441 g/mol. The Kier molecular flexibility index (Phi) is 5.33. The summed E-state index contributed by atoms with van der Waals surface area (Å²) in [5.41, 5.74) is 4.37. The van der Waals surface area contributed by atoms with Crippen molar-refractivity contribution in [1.82, 2.24) is 23.8 Å². The van der Waals surface area contributed by atoms with E-state index in [9.17, 15) is 4.79 Å². The highest BCUT2D eigenvalue weighted by molar-refractivity contribution is 7.12. The van der Waals surface area contributed by atoms with Gasteiger partial charge in [-0.3, -0.25) is 9.36 Å². The van der Waals surface area contributed by atoms with E-state index in [-0.39, 0.29) is 5.91 Å². The summed E-state index contributed by atoms with van der Waals surface area (Å²) in [6.07, 6.45) is 5.75. The standard InChI is InChI=1S/C25H23N5OS/c1-3-28(16-19-9-5-4-6-10-19)24(31)20-15-23(29-13-8-7-11-22(20)29)21-17-30(18(2)27-21)25-26-12-14-32-25/h4-15,17H,3,16H2,1-2H3. The molecule has 1 amide bonds. The molecule has 0 aliphatic carbocycles. The van der Waals surface area contributed by atoms with Gasteiger partial charge in [0.15, 0.2) is 5.13 Å². The second-order valence-corrected chi connectivity index (χ2v) is 8.44. The Morgan fingerprint density at radius 1 is 1.12 bits per heavy atom. The lowest BCUT2D eigenvalue weighted by Crippen LogP contribution is -2.30. The number of carbonyl (C=O) groups is 1. The number of hydrogen-bond acceptors (Lipinski definition) is 4. The lowest BCUT2D eigenvalue weighted by molar-refractivity contribution is 0.0754. The van der Waals surface area contributed by atoms with Crippen LogP contribution in [0.1, 0.15) is 28.7 Å². The van der Waals surface area contributed by atoms with Crippen LogP contribution in [-0.4, -0.2) is 36.3 Å². The van der Waals surface area contributed by atoms with Gasteiger partial charge in [0.1, 0.15) is 11.5 Å². The van der Waals surface area contributed by atoms with Crippen molar-refractivity contribution in [3.05, 3.63) is 95.5 Å². The van der Waals surface area contributed by atoms with Gasteiger partial charge in [0.25, 0.3) is 5.91 Å². The van der Waals surface area contributed by atoms with E-state index in [2.05, 4.69) is 4.98 Å². The maximum absolute atomic E-state index is 13.6. The first-order valence-corrected chi connectivity index (χ1v) is 11.4. The van der Waals surface area contributed by atoms with Gasteiger partial charge in [0.05, 0.1) is 16.8 Å². The van der Waals surface area contributed by atoms with Gasteiger partial charge in [-0.1, -0.05) is 36.4 Å². The Morgan fingerprint density at radius 3 is 2.69 bits per heavy atom. The van der Waals surface area contributed by atoms with E-state index in [1.807, 2.05) is 100 Å². The predicted octanol–water partition coefficient (Wildman–Crippen LogP) is 5.22. The molecular weight excluding hydrogens is 418 g/mol. The molecule has 4 aromatic heterocycles. The van der Waals surface area contributed by atoms with Gasteiger partial charge in [-0.15, -0.1) is 11.3 Å². The van der Waals surface area contributed by atoms with Gasteiger partial charge in [-0.2, -0.15) is 0 Å². The molecule has 7 heteroatoms. The molecule has 160 valence electrons. The number of fused-ring (bicyclic) bond motifs is 1. The molecule has 0 N–H and O–H groups in total. The van der Waals surface area contributed by atoms with E-state index < -0.39 is 0 Å². The third-order valence-corrected chi connectivity index (χ3v) is 6.33. The lowest BCUT2D eigenvalue weighted by atomic mass is 10.1. The Bertz CT molecular complexity index is 1370. The molecule has 0 radical (unpaired) electrons. The quantitative estimate of drug-likeness (QED) is 0.363. The number of rotatable bonds is 6. The van der Waals surface area contributed by atoms with Crippen LogP contribution in [-0.2, 0) is 6.54 Å². The van der Waals surface area contributed by atoms with Crippen molar-refractivity contribution < 1.29 is 4.79 Å². The number of hydrogen-bond donors (Lipinski definition) is 0. The number of aromatic nitrogens is 4. The first-order valence-electron chi connectivity index (χ1n) is 10.5. The van der Waals surface area contributed by atoms with Crippen LogP contribution in [0.5, 0.6) is 0 Å². The zero-order chi connectivity index (χ0) is 22.1. The zero-order valence-electron chi connectivity index (χ0n) is 18.0. The Hall–Kier alpha value is -3.71. The highest BCUT2D eigenvalue weighted by Crippen LogP contribution is 2.28. The molecule has 0 unspecified atom stereocenters. The number of imidazole rings is 1. The van der Waals surface area contributed by atoms with Crippen LogP contribution < -0.4 is 0 Å². The summed E-state index contributed by atoms with van der Waals surface area (Å²) in [4.78, 5) is 24.6. The lowest BCUT2D eigenvalue weighted by Gasteiger charge is -2.20. The second-order valence-electron chi connectivity index (χ2n) is 7.56. The van der Waals surface area contributed by atoms with Gasteiger partial charge in [0.2, 0.25) is 0 Å². The Morgan fingerprint density at radius 2 is 1.94 bits per heavy atom. The van der Waals surface area contributed by atoms with E-state index in [4.69, 9.17) is 4.98 Å².